The number of rotatable bonds is 7. The van der Waals surface area contributed by atoms with Crippen LogP contribution in [0, 0.1) is 0 Å². The standard InChI is InChI=1S/C25H22N6O2/c1-33-20-12-10-19(11-13-20)28-24(32)22-16-30(17-27-22)25-29-21(23-9-5-6-14-31(23)25)15-26-18-7-3-2-4-8-18/h2-14,16-17,26H,15H2,1H3,(H,28,32). The van der Waals surface area contributed by atoms with Crippen molar-refractivity contribution < 1.29 is 9.53 Å². The SMILES string of the molecule is COc1ccc(NC(=O)c2cn(-c3nc(CNc4ccccc4)c4ccccn34)cn2)cc1. The van der Waals surface area contributed by atoms with E-state index in [9.17, 15) is 4.79 Å². The van der Waals surface area contributed by atoms with Gasteiger partial charge in [-0.25, -0.2) is 9.97 Å². The molecule has 33 heavy (non-hydrogen) atoms. The normalized spacial score (nSPS) is 10.8. The van der Waals surface area contributed by atoms with E-state index in [1.165, 1.54) is 0 Å². The zero-order valence-electron chi connectivity index (χ0n) is 18.0. The van der Waals surface area contributed by atoms with Crippen LogP contribution in [0.1, 0.15) is 16.2 Å². The number of aromatic nitrogens is 4. The fourth-order valence-corrected chi connectivity index (χ4v) is 3.56. The third-order valence-electron chi connectivity index (χ3n) is 5.23. The maximum atomic E-state index is 12.7. The minimum atomic E-state index is -0.300. The number of hydrogen-bond acceptors (Lipinski definition) is 5. The molecule has 3 aromatic heterocycles. The number of hydrogen-bond donors (Lipinski definition) is 2. The average molecular weight is 438 g/mol. The summed E-state index contributed by atoms with van der Waals surface area (Å²) in [4.78, 5) is 21.8. The predicted octanol–water partition coefficient (Wildman–Crippen LogP) is 4.39. The molecule has 0 saturated heterocycles. The van der Waals surface area contributed by atoms with Crippen LogP contribution >= 0.6 is 0 Å². The molecule has 0 aliphatic carbocycles. The van der Waals surface area contributed by atoms with E-state index in [4.69, 9.17) is 9.72 Å². The molecule has 5 aromatic rings. The second-order valence-electron chi connectivity index (χ2n) is 7.38. The third kappa shape index (κ3) is 4.27. The van der Waals surface area contributed by atoms with Gasteiger partial charge in [0.2, 0.25) is 5.95 Å². The molecule has 2 aromatic carbocycles. The number of amides is 1. The molecular formula is C25H22N6O2. The van der Waals surface area contributed by atoms with E-state index in [2.05, 4.69) is 15.6 Å². The van der Waals surface area contributed by atoms with Crippen LogP contribution in [0.25, 0.3) is 11.5 Å². The lowest BCUT2D eigenvalue weighted by Crippen LogP contribution is -2.12. The van der Waals surface area contributed by atoms with Crippen LogP contribution in [0.2, 0.25) is 0 Å². The number of ether oxygens (including phenoxy) is 1. The van der Waals surface area contributed by atoms with Crippen molar-refractivity contribution in [3.05, 3.63) is 103 Å². The van der Waals surface area contributed by atoms with Gasteiger partial charge in [0.25, 0.3) is 5.91 Å². The fourth-order valence-electron chi connectivity index (χ4n) is 3.56. The summed E-state index contributed by atoms with van der Waals surface area (Å²) >= 11 is 0. The molecular weight excluding hydrogens is 416 g/mol. The second kappa shape index (κ2) is 8.88. The summed E-state index contributed by atoms with van der Waals surface area (Å²) in [6.45, 7) is 0.567. The molecule has 0 saturated carbocycles. The van der Waals surface area contributed by atoms with Crippen molar-refractivity contribution in [3.63, 3.8) is 0 Å². The van der Waals surface area contributed by atoms with Gasteiger partial charge in [0.15, 0.2) is 0 Å². The van der Waals surface area contributed by atoms with E-state index in [0.29, 0.717) is 23.9 Å². The van der Waals surface area contributed by atoms with Crippen molar-refractivity contribution in [1.29, 1.82) is 0 Å². The van der Waals surface area contributed by atoms with Crippen molar-refractivity contribution in [3.8, 4) is 11.7 Å². The van der Waals surface area contributed by atoms with E-state index in [0.717, 1.165) is 22.6 Å². The van der Waals surface area contributed by atoms with E-state index in [1.54, 1.807) is 48.5 Å². The van der Waals surface area contributed by atoms with Gasteiger partial charge in [0.1, 0.15) is 17.8 Å². The van der Waals surface area contributed by atoms with Crippen LogP contribution in [-0.2, 0) is 6.54 Å². The number of nitrogens with zero attached hydrogens (tertiary/aromatic N) is 4. The Balaban J connectivity index is 1.38. The number of carbonyl (C=O) groups excluding carboxylic acids is 1. The number of benzene rings is 2. The van der Waals surface area contributed by atoms with Gasteiger partial charge in [0, 0.05) is 23.8 Å². The molecule has 0 aliphatic heterocycles. The Hall–Kier alpha value is -4.59. The molecule has 0 radical (unpaired) electrons. The van der Waals surface area contributed by atoms with Gasteiger partial charge in [-0.1, -0.05) is 24.3 Å². The van der Waals surface area contributed by atoms with Crippen molar-refractivity contribution >= 4 is 22.8 Å². The summed E-state index contributed by atoms with van der Waals surface area (Å²) in [5, 5.41) is 6.25. The molecule has 0 fully saturated rings. The molecule has 2 N–H and O–H groups in total. The lowest BCUT2D eigenvalue weighted by Gasteiger charge is -2.04. The van der Waals surface area contributed by atoms with Crippen molar-refractivity contribution in [2.45, 2.75) is 6.54 Å². The Morgan fingerprint density at radius 3 is 2.55 bits per heavy atom. The lowest BCUT2D eigenvalue weighted by molar-refractivity contribution is 0.102. The molecule has 8 heteroatoms. The molecule has 0 aliphatic rings. The Morgan fingerprint density at radius 1 is 0.970 bits per heavy atom. The van der Waals surface area contributed by atoms with Crippen molar-refractivity contribution in [2.75, 3.05) is 17.7 Å². The monoisotopic (exact) mass is 438 g/mol. The minimum Gasteiger partial charge on any atom is -0.497 e. The molecule has 0 bridgehead atoms. The molecule has 5 rings (SSSR count). The predicted molar refractivity (Wildman–Crippen MR) is 127 cm³/mol. The van der Waals surface area contributed by atoms with Gasteiger partial charge < -0.3 is 15.4 Å². The summed E-state index contributed by atoms with van der Waals surface area (Å²) < 4.78 is 8.88. The number of pyridine rings is 1. The Labute approximate surface area is 190 Å². The number of imidazole rings is 2. The average Bonchev–Trinajstić information content (AvgIpc) is 3.49. The topological polar surface area (TPSA) is 85.5 Å². The second-order valence-corrected chi connectivity index (χ2v) is 7.38. The fraction of sp³-hybridized carbons (Fsp3) is 0.0800. The van der Waals surface area contributed by atoms with Gasteiger partial charge in [-0.3, -0.25) is 13.8 Å². The van der Waals surface area contributed by atoms with E-state index >= 15 is 0 Å². The van der Waals surface area contributed by atoms with Crippen molar-refractivity contribution in [2.24, 2.45) is 0 Å². The quantitative estimate of drug-likeness (QED) is 0.394. The van der Waals surface area contributed by atoms with E-state index < -0.39 is 0 Å². The number of methoxy groups -OCH3 is 1. The van der Waals surface area contributed by atoms with E-state index in [1.807, 2.05) is 59.1 Å². The first-order valence-corrected chi connectivity index (χ1v) is 10.5. The summed E-state index contributed by atoms with van der Waals surface area (Å²) in [5.74, 6) is 1.08. The van der Waals surface area contributed by atoms with E-state index in [-0.39, 0.29) is 5.91 Å². The number of fused-ring (bicyclic) bond motifs is 1. The Bertz CT molecular complexity index is 1390. The first-order valence-electron chi connectivity index (χ1n) is 10.5. The first kappa shape index (κ1) is 20.3. The maximum Gasteiger partial charge on any atom is 0.275 e. The van der Waals surface area contributed by atoms with Gasteiger partial charge >= 0.3 is 0 Å². The van der Waals surface area contributed by atoms with Crippen LogP contribution in [0.5, 0.6) is 5.75 Å². The molecule has 0 spiro atoms. The van der Waals surface area contributed by atoms with Crippen LogP contribution in [0.4, 0.5) is 11.4 Å². The van der Waals surface area contributed by atoms with Gasteiger partial charge in [-0.05, 0) is 48.5 Å². The molecule has 3 heterocycles. The zero-order chi connectivity index (χ0) is 22.6. The zero-order valence-corrected chi connectivity index (χ0v) is 18.0. The highest BCUT2D eigenvalue weighted by molar-refractivity contribution is 6.02. The number of anilines is 2. The highest BCUT2D eigenvalue weighted by Crippen LogP contribution is 2.19. The van der Waals surface area contributed by atoms with Gasteiger partial charge in [-0.15, -0.1) is 0 Å². The molecule has 0 unspecified atom stereocenters. The summed E-state index contributed by atoms with van der Waals surface area (Å²) in [7, 11) is 1.60. The third-order valence-corrected chi connectivity index (χ3v) is 5.23. The number of carbonyl (C=O) groups is 1. The smallest absolute Gasteiger partial charge is 0.275 e. The molecule has 164 valence electrons. The molecule has 8 nitrogen and oxygen atoms in total. The van der Waals surface area contributed by atoms with Crippen molar-refractivity contribution in [1.82, 2.24) is 18.9 Å². The largest absolute Gasteiger partial charge is 0.497 e. The summed E-state index contributed by atoms with van der Waals surface area (Å²) in [6, 6.07) is 23.1. The molecule has 0 atom stereocenters. The van der Waals surface area contributed by atoms with Crippen LogP contribution in [0.15, 0.2) is 91.5 Å². The Morgan fingerprint density at radius 2 is 1.76 bits per heavy atom. The summed E-state index contributed by atoms with van der Waals surface area (Å²) in [5.41, 5.74) is 3.86. The number of nitrogens with one attached hydrogen (secondary N) is 2. The van der Waals surface area contributed by atoms with Gasteiger partial charge in [-0.2, -0.15) is 0 Å². The van der Waals surface area contributed by atoms with Gasteiger partial charge in [0.05, 0.1) is 24.9 Å². The maximum absolute atomic E-state index is 12.7. The highest BCUT2D eigenvalue weighted by Gasteiger charge is 2.15. The Kier molecular flexibility index (Phi) is 5.47. The first-order chi connectivity index (χ1) is 16.2. The van der Waals surface area contributed by atoms with Crippen LogP contribution < -0.4 is 15.4 Å². The highest BCUT2D eigenvalue weighted by atomic mass is 16.5. The number of para-hydroxylation sites is 1. The lowest BCUT2D eigenvalue weighted by atomic mass is 10.3. The minimum absolute atomic E-state index is 0.294. The van der Waals surface area contributed by atoms with Crippen LogP contribution in [0.3, 0.4) is 0 Å². The molecule has 1 amide bonds. The van der Waals surface area contributed by atoms with Crippen LogP contribution in [-0.4, -0.2) is 32.0 Å². The summed E-state index contributed by atoms with van der Waals surface area (Å²) in [6.07, 6.45) is 5.22.